The zero-order valence-electron chi connectivity index (χ0n) is 11.9. The Morgan fingerprint density at radius 2 is 2.05 bits per heavy atom. The molecule has 2 aliphatic rings. The second-order valence-electron chi connectivity index (χ2n) is 6.11. The second kappa shape index (κ2) is 5.16. The van der Waals surface area contributed by atoms with E-state index in [4.69, 9.17) is 4.42 Å². The van der Waals surface area contributed by atoms with Gasteiger partial charge in [0.2, 0.25) is 10.0 Å². The van der Waals surface area contributed by atoms with Gasteiger partial charge in [0, 0.05) is 30.7 Å². The Hall–Kier alpha value is -0.850. The van der Waals surface area contributed by atoms with Gasteiger partial charge in [-0.25, -0.2) is 8.42 Å². The zero-order valence-corrected chi connectivity index (χ0v) is 12.7. The average molecular weight is 298 g/mol. The summed E-state index contributed by atoms with van der Waals surface area (Å²) >= 11 is 0. The lowest BCUT2D eigenvalue weighted by atomic mass is 9.87. The molecule has 1 aromatic rings. The van der Waals surface area contributed by atoms with E-state index in [0.717, 1.165) is 50.9 Å². The molecule has 0 amide bonds. The van der Waals surface area contributed by atoms with Crippen LogP contribution >= 0.6 is 0 Å². The molecule has 1 atom stereocenters. The molecule has 0 radical (unpaired) electrons. The number of rotatable bonds is 3. The summed E-state index contributed by atoms with van der Waals surface area (Å²) in [4.78, 5) is 2.36. The first-order valence-corrected chi connectivity index (χ1v) is 9.06. The number of sulfonamides is 1. The Bertz CT molecular complexity index is 555. The Balaban J connectivity index is 1.77. The predicted octanol–water partition coefficient (Wildman–Crippen LogP) is 1.67. The molecular formula is C14H22N2O3S. The maximum Gasteiger partial charge on any atom is 0.211 e. The quantitative estimate of drug-likeness (QED) is 0.852. The van der Waals surface area contributed by atoms with Crippen LogP contribution in [0.2, 0.25) is 0 Å². The fraction of sp³-hybridized carbons (Fsp3) is 0.714. The van der Waals surface area contributed by atoms with Crippen molar-refractivity contribution >= 4 is 10.0 Å². The van der Waals surface area contributed by atoms with Crippen molar-refractivity contribution < 1.29 is 12.8 Å². The summed E-state index contributed by atoms with van der Waals surface area (Å²) < 4.78 is 30.9. The van der Waals surface area contributed by atoms with Gasteiger partial charge < -0.3 is 4.42 Å². The van der Waals surface area contributed by atoms with Crippen LogP contribution in [0.5, 0.6) is 0 Å². The van der Waals surface area contributed by atoms with Gasteiger partial charge in [-0.2, -0.15) is 4.31 Å². The minimum Gasteiger partial charge on any atom is -0.472 e. The molecule has 112 valence electrons. The van der Waals surface area contributed by atoms with Gasteiger partial charge in [0.1, 0.15) is 0 Å². The van der Waals surface area contributed by atoms with Crippen molar-refractivity contribution in [3.05, 3.63) is 24.2 Å². The largest absolute Gasteiger partial charge is 0.472 e. The molecule has 2 saturated heterocycles. The average Bonchev–Trinajstić information content (AvgIpc) is 2.99. The van der Waals surface area contributed by atoms with Crippen LogP contribution in [-0.2, 0) is 16.6 Å². The fourth-order valence-corrected chi connectivity index (χ4v) is 5.23. The van der Waals surface area contributed by atoms with Crippen LogP contribution in [0.3, 0.4) is 0 Å². The lowest BCUT2D eigenvalue weighted by Crippen LogP contribution is -2.56. The highest BCUT2D eigenvalue weighted by Crippen LogP contribution is 2.39. The summed E-state index contributed by atoms with van der Waals surface area (Å²) in [6, 6.07) is 1.98. The summed E-state index contributed by atoms with van der Waals surface area (Å²) in [5.74, 6) is 0. The third-order valence-electron chi connectivity index (χ3n) is 4.55. The minimum absolute atomic E-state index is 0.171. The summed E-state index contributed by atoms with van der Waals surface area (Å²) in [7, 11) is -3.11. The van der Waals surface area contributed by atoms with Crippen molar-refractivity contribution in [2.45, 2.75) is 37.8 Å². The Labute approximate surface area is 120 Å². The highest BCUT2D eigenvalue weighted by molar-refractivity contribution is 7.88. The molecule has 0 aliphatic carbocycles. The lowest BCUT2D eigenvalue weighted by Gasteiger charge is -2.44. The van der Waals surface area contributed by atoms with E-state index in [0.29, 0.717) is 6.54 Å². The number of furan rings is 1. The molecule has 3 rings (SSSR count). The van der Waals surface area contributed by atoms with Gasteiger partial charge >= 0.3 is 0 Å². The summed E-state index contributed by atoms with van der Waals surface area (Å²) in [6.45, 7) is 3.39. The van der Waals surface area contributed by atoms with E-state index >= 15 is 0 Å². The van der Waals surface area contributed by atoms with E-state index in [-0.39, 0.29) is 5.54 Å². The minimum atomic E-state index is -3.11. The highest BCUT2D eigenvalue weighted by atomic mass is 32.2. The number of likely N-dealkylation sites (tertiary alicyclic amines) is 1. The van der Waals surface area contributed by atoms with E-state index in [1.807, 2.05) is 6.07 Å². The maximum atomic E-state index is 12.0. The van der Waals surface area contributed by atoms with E-state index in [1.54, 1.807) is 16.8 Å². The molecule has 0 saturated carbocycles. The van der Waals surface area contributed by atoms with Crippen molar-refractivity contribution in [2.75, 3.05) is 25.9 Å². The Morgan fingerprint density at radius 1 is 1.30 bits per heavy atom. The van der Waals surface area contributed by atoms with E-state index in [1.165, 1.54) is 6.26 Å². The van der Waals surface area contributed by atoms with Crippen LogP contribution in [-0.4, -0.2) is 49.1 Å². The standard InChI is InChI=1S/C14H22N2O3S/c1-20(17,18)16-8-3-6-14(16)5-2-7-15(12-14)10-13-4-9-19-11-13/h4,9,11H,2-3,5-8,10,12H2,1H3/t14-/m0/s1. The molecule has 3 heterocycles. The highest BCUT2D eigenvalue weighted by Gasteiger charge is 2.47. The van der Waals surface area contributed by atoms with Gasteiger partial charge in [-0.15, -0.1) is 0 Å². The molecule has 1 aromatic heterocycles. The van der Waals surface area contributed by atoms with Crippen molar-refractivity contribution in [3.8, 4) is 0 Å². The predicted molar refractivity (Wildman–Crippen MR) is 76.7 cm³/mol. The molecule has 6 heteroatoms. The number of hydrogen-bond acceptors (Lipinski definition) is 4. The summed E-state index contributed by atoms with van der Waals surface area (Å²) in [6.07, 6.45) is 8.81. The molecule has 0 bridgehead atoms. The first-order chi connectivity index (χ1) is 9.50. The van der Waals surface area contributed by atoms with Crippen molar-refractivity contribution in [3.63, 3.8) is 0 Å². The zero-order chi connectivity index (χ0) is 14.2. The molecule has 2 aliphatic heterocycles. The maximum absolute atomic E-state index is 12.0. The lowest BCUT2D eigenvalue weighted by molar-refractivity contribution is 0.0840. The van der Waals surface area contributed by atoms with Crippen LogP contribution in [0, 0.1) is 0 Å². The molecule has 2 fully saturated rings. The van der Waals surface area contributed by atoms with Gasteiger partial charge in [0.25, 0.3) is 0 Å². The van der Waals surface area contributed by atoms with Gasteiger partial charge in [-0.3, -0.25) is 4.90 Å². The van der Waals surface area contributed by atoms with Crippen LogP contribution in [0.25, 0.3) is 0 Å². The number of piperidine rings is 1. The van der Waals surface area contributed by atoms with Crippen molar-refractivity contribution in [1.29, 1.82) is 0 Å². The molecule has 5 nitrogen and oxygen atoms in total. The molecule has 20 heavy (non-hydrogen) atoms. The fourth-order valence-electron chi connectivity index (χ4n) is 3.82. The normalized spacial score (nSPS) is 29.2. The van der Waals surface area contributed by atoms with Gasteiger partial charge in [-0.1, -0.05) is 0 Å². The number of nitrogens with zero attached hydrogens (tertiary/aromatic N) is 2. The van der Waals surface area contributed by atoms with Gasteiger partial charge in [-0.05, 0) is 38.3 Å². The van der Waals surface area contributed by atoms with Crippen LogP contribution in [0.4, 0.5) is 0 Å². The monoisotopic (exact) mass is 298 g/mol. The second-order valence-corrected chi connectivity index (χ2v) is 8.02. The topological polar surface area (TPSA) is 53.8 Å². The summed E-state index contributed by atoms with van der Waals surface area (Å²) in [5, 5.41) is 0. The third-order valence-corrected chi connectivity index (χ3v) is 5.92. The number of hydrogen-bond donors (Lipinski definition) is 0. The van der Waals surface area contributed by atoms with Crippen molar-refractivity contribution in [2.24, 2.45) is 0 Å². The molecule has 1 spiro atoms. The summed E-state index contributed by atoms with van der Waals surface area (Å²) in [5.41, 5.74) is 0.987. The molecular weight excluding hydrogens is 276 g/mol. The Kier molecular flexibility index (Phi) is 3.64. The van der Waals surface area contributed by atoms with Crippen molar-refractivity contribution in [1.82, 2.24) is 9.21 Å². The van der Waals surface area contributed by atoms with Gasteiger partial charge in [0.15, 0.2) is 0 Å². The SMILES string of the molecule is CS(=O)(=O)N1CCC[C@]12CCCN(Cc1ccoc1)C2. The molecule has 0 N–H and O–H groups in total. The first kappa shape index (κ1) is 14.1. The molecule has 0 aromatic carbocycles. The van der Waals surface area contributed by atoms with Crippen LogP contribution in [0.15, 0.2) is 23.0 Å². The smallest absolute Gasteiger partial charge is 0.211 e. The van der Waals surface area contributed by atoms with E-state index in [2.05, 4.69) is 4.90 Å². The first-order valence-electron chi connectivity index (χ1n) is 7.21. The third kappa shape index (κ3) is 2.64. The van der Waals surface area contributed by atoms with Crippen LogP contribution in [0.1, 0.15) is 31.2 Å². The van der Waals surface area contributed by atoms with E-state index in [9.17, 15) is 8.42 Å². The Morgan fingerprint density at radius 3 is 2.70 bits per heavy atom. The van der Waals surface area contributed by atoms with E-state index < -0.39 is 10.0 Å². The van der Waals surface area contributed by atoms with Crippen LogP contribution < -0.4 is 0 Å². The molecule has 0 unspecified atom stereocenters. The van der Waals surface area contributed by atoms with Gasteiger partial charge in [0.05, 0.1) is 18.8 Å².